The van der Waals surface area contributed by atoms with Crippen molar-refractivity contribution in [2.24, 2.45) is 0 Å². The minimum absolute atomic E-state index is 0.0100. The van der Waals surface area contributed by atoms with Gasteiger partial charge in [-0.25, -0.2) is 0 Å². The Morgan fingerprint density at radius 2 is 1.53 bits per heavy atom. The Hall–Kier alpha value is -2.82. The lowest BCUT2D eigenvalue weighted by atomic mass is 10.0. The molecule has 6 heteroatoms. The summed E-state index contributed by atoms with van der Waals surface area (Å²) in [6, 6.07) is 22.5. The first kappa shape index (κ1) is 27.8. The van der Waals surface area contributed by atoms with Crippen LogP contribution in [0, 0.1) is 6.92 Å². The normalized spacial score (nSPS) is 12.6. The van der Waals surface area contributed by atoms with Crippen molar-refractivity contribution in [3.8, 4) is 0 Å². The summed E-state index contributed by atoms with van der Waals surface area (Å²) in [6.45, 7) is 6.17. The van der Waals surface area contributed by atoms with Gasteiger partial charge in [-0.2, -0.15) is 0 Å². The molecule has 0 unspecified atom stereocenters. The van der Waals surface area contributed by atoms with Gasteiger partial charge < -0.3 is 10.2 Å². The van der Waals surface area contributed by atoms with E-state index in [0.717, 1.165) is 17.5 Å². The van der Waals surface area contributed by atoms with Crippen molar-refractivity contribution in [3.63, 3.8) is 0 Å². The number of amides is 2. The molecule has 0 radical (unpaired) electrons. The molecule has 0 aliphatic heterocycles. The van der Waals surface area contributed by atoms with Gasteiger partial charge in [0.2, 0.25) is 11.8 Å². The highest BCUT2D eigenvalue weighted by Gasteiger charge is 2.31. The van der Waals surface area contributed by atoms with Crippen molar-refractivity contribution in [1.82, 2.24) is 10.2 Å². The third-order valence-electron chi connectivity index (χ3n) is 6.41. The minimum atomic E-state index is -0.709. The van der Waals surface area contributed by atoms with Crippen LogP contribution in [-0.4, -0.2) is 28.8 Å². The summed E-state index contributed by atoms with van der Waals surface area (Å²) in [5.41, 5.74) is 3.86. The van der Waals surface area contributed by atoms with Crippen molar-refractivity contribution >= 4 is 35.0 Å². The van der Waals surface area contributed by atoms with Crippen LogP contribution >= 0.6 is 23.2 Å². The fraction of sp³-hybridized carbons (Fsp3) is 0.333. The molecule has 0 fully saturated rings. The number of halogens is 2. The highest BCUT2D eigenvalue weighted by molar-refractivity contribution is 6.36. The van der Waals surface area contributed by atoms with Gasteiger partial charge in [-0.3, -0.25) is 9.59 Å². The van der Waals surface area contributed by atoms with Crippen LogP contribution in [0.3, 0.4) is 0 Å². The molecule has 0 heterocycles. The van der Waals surface area contributed by atoms with Crippen molar-refractivity contribution < 1.29 is 9.59 Å². The van der Waals surface area contributed by atoms with Gasteiger partial charge in [0.15, 0.2) is 0 Å². The number of carbonyl (C=O) groups excluding carboxylic acids is 2. The largest absolute Gasteiger partial charge is 0.352 e. The summed E-state index contributed by atoms with van der Waals surface area (Å²) in [7, 11) is 0. The zero-order chi connectivity index (χ0) is 26.1. The molecule has 36 heavy (non-hydrogen) atoms. The van der Waals surface area contributed by atoms with Crippen molar-refractivity contribution in [2.75, 3.05) is 0 Å². The Balaban J connectivity index is 1.95. The lowest BCUT2D eigenvalue weighted by Crippen LogP contribution is -2.52. The fourth-order valence-electron chi connectivity index (χ4n) is 4.00. The first-order valence-electron chi connectivity index (χ1n) is 12.4. The number of hydrogen-bond acceptors (Lipinski definition) is 2. The second-order valence-corrected chi connectivity index (χ2v) is 10.0. The van der Waals surface area contributed by atoms with E-state index in [1.165, 1.54) is 5.56 Å². The maximum absolute atomic E-state index is 13.8. The van der Waals surface area contributed by atoms with E-state index < -0.39 is 6.04 Å². The number of carbonyl (C=O) groups is 2. The second kappa shape index (κ2) is 13.5. The first-order chi connectivity index (χ1) is 17.3. The van der Waals surface area contributed by atoms with Crippen LogP contribution in [-0.2, 0) is 29.0 Å². The van der Waals surface area contributed by atoms with Crippen LogP contribution in [0.15, 0.2) is 72.8 Å². The number of nitrogens with one attached hydrogen (secondary N) is 1. The summed E-state index contributed by atoms with van der Waals surface area (Å²) in [5.74, 6) is -0.299. The quantitative estimate of drug-likeness (QED) is 0.300. The van der Waals surface area contributed by atoms with Crippen molar-refractivity contribution in [1.29, 1.82) is 0 Å². The molecule has 0 aliphatic carbocycles. The van der Waals surface area contributed by atoms with Crippen LogP contribution in [0.5, 0.6) is 0 Å². The predicted molar refractivity (Wildman–Crippen MR) is 148 cm³/mol. The molecule has 0 aromatic heterocycles. The molecule has 2 atom stereocenters. The van der Waals surface area contributed by atoms with Gasteiger partial charge in [-0.05, 0) is 49.9 Å². The molecule has 0 saturated carbocycles. The molecule has 0 spiro atoms. The smallest absolute Gasteiger partial charge is 0.243 e. The molecular formula is C30H34Cl2N2O2. The topological polar surface area (TPSA) is 49.4 Å². The second-order valence-electron chi connectivity index (χ2n) is 9.23. The van der Waals surface area contributed by atoms with E-state index in [1.807, 2.05) is 75.4 Å². The van der Waals surface area contributed by atoms with Crippen LogP contribution in [0.4, 0.5) is 0 Å². The first-order valence-corrected chi connectivity index (χ1v) is 13.2. The Labute approximate surface area is 224 Å². The van der Waals surface area contributed by atoms with Crippen LogP contribution < -0.4 is 5.32 Å². The van der Waals surface area contributed by atoms with Gasteiger partial charge in [-0.15, -0.1) is 0 Å². The van der Waals surface area contributed by atoms with E-state index in [-0.39, 0.29) is 30.8 Å². The summed E-state index contributed by atoms with van der Waals surface area (Å²) in [6.07, 6.45) is 2.03. The number of hydrogen-bond donors (Lipinski definition) is 1. The van der Waals surface area contributed by atoms with Crippen LogP contribution in [0.1, 0.15) is 48.9 Å². The van der Waals surface area contributed by atoms with Crippen molar-refractivity contribution in [2.45, 2.75) is 65.1 Å². The SMILES string of the molecule is CC[C@@H](C)NC(=O)[C@@H](Cc1ccccc1)N(Cc1c(Cl)cccc1Cl)C(=O)CCc1ccc(C)cc1. The number of benzene rings is 3. The van der Waals surface area contributed by atoms with Crippen molar-refractivity contribution in [3.05, 3.63) is 105 Å². The molecule has 3 rings (SSSR count). The molecule has 1 N–H and O–H groups in total. The fourth-order valence-corrected chi connectivity index (χ4v) is 4.52. The lowest BCUT2D eigenvalue weighted by Gasteiger charge is -2.33. The van der Waals surface area contributed by atoms with Gasteiger partial charge in [0.1, 0.15) is 6.04 Å². The van der Waals surface area contributed by atoms with E-state index in [4.69, 9.17) is 23.2 Å². The Morgan fingerprint density at radius 1 is 0.889 bits per heavy atom. The summed E-state index contributed by atoms with van der Waals surface area (Å²) in [4.78, 5) is 29.0. The van der Waals surface area contributed by atoms with E-state index in [9.17, 15) is 9.59 Å². The third-order valence-corrected chi connectivity index (χ3v) is 7.12. The van der Waals surface area contributed by atoms with Gasteiger partial charge in [0, 0.05) is 41.0 Å². The van der Waals surface area contributed by atoms with E-state index in [2.05, 4.69) is 5.32 Å². The van der Waals surface area contributed by atoms with Crippen LogP contribution in [0.25, 0.3) is 0 Å². The maximum Gasteiger partial charge on any atom is 0.243 e. The molecular weight excluding hydrogens is 491 g/mol. The molecule has 3 aromatic carbocycles. The van der Waals surface area contributed by atoms with E-state index >= 15 is 0 Å². The Bertz CT molecular complexity index is 1130. The number of rotatable bonds is 11. The third kappa shape index (κ3) is 7.84. The number of aryl methyl sites for hydroxylation is 2. The predicted octanol–water partition coefficient (Wildman–Crippen LogP) is 6.79. The standard InChI is InChI=1S/C30H34Cl2N2O2/c1-4-22(3)33-30(36)28(19-24-9-6-5-7-10-24)34(20-25-26(31)11-8-12-27(25)32)29(35)18-17-23-15-13-21(2)14-16-23/h5-16,22,28H,4,17-20H2,1-3H3,(H,33,36)/t22-,28-/m1/s1. The van der Waals surface area contributed by atoms with E-state index in [0.29, 0.717) is 28.5 Å². The maximum atomic E-state index is 13.8. The van der Waals surface area contributed by atoms with Gasteiger partial charge >= 0.3 is 0 Å². The molecule has 4 nitrogen and oxygen atoms in total. The Kier molecular flexibility index (Phi) is 10.4. The lowest BCUT2D eigenvalue weighted by molar-refractivity contribution is -0.141. The summed E-state index contributed by atoms with van der Waals surface area (Å²) in [5, 5.41) is 4.03. The highest BCUT2D eigenvalue weighted by atomic mass is 35.5. The van der Waals surface area contributed by atoms with Gasteiger partial charge in [0.05, 0.1) is 0 Å². The average molecular weight is 526 g/mol. The molecule has 0 saturated heterocycles. The number of nitrogens with zero attached hydrogens (tertiary/aromatic N) is 1. The highest BCUT2D eigenvalue weighted by Crippen LogP contribution is 2.27. The van der Waals surface area contributed by atoms with Gasteiger partial charge in [-0.1, -0.05) is 96.4 Å². The zero-order valence-corrected chi connectivity index (χ0v) is 22.6. The summed E-state index contributed by atoms with van der Waals surface area (Å²) >= 11 is 13.0. The van der Waals surface area contributed by atoms with E-state index in [1.54, 1.807) is 23.1 Å². The molecule has 0 aliphatic rings. The monoisotopic (exact) mass is 524 g/mol. The zero-order valence-electron chi connectivity index (χ0n) is 21.1. The Morgan fingerprint density at radius 3 is 2.14 bits per heavy atom. The summed E-state index contributed by atoms with van der Waals surface area (Å²) < 4.78 is 0. The molecule has 2 amide bonds. The van der Waals surface area contributed by atoms with Crippen LogP contribution in [0.2, 0.25) is 10.0 Å². The molecule has 0 bridgehead atoms. The van der Waals surface area contributed by atoms with Gasteiger partial charge in [0.25, 0.3) is 0 Å². The average Bonchev–Trinajstić information content (AvgIpc) is 2.87. The minimum Gasteiger partial charge on any atom is -0.352 e. The molecule has 3 aromatic rings. The molecule has 190 valence electrons.